The summed E-state index contributed by atoms with van der Waals surface area (Å²) in [6.45, 7) is 3.24. The normalized spacial score (nSPS) is 10.5. The van der Waals surface area contributed by atoms with Crippen LogP contribution >= 0.6 is 0 Å². The number of benzene rings is 1. The van der Waals surface area contributed by atoms with Gasteiger partial charge >= 0.3 is 5.97 Å². The minimum absolute atomic E-state index is 0.0461. The molecule has 9 heteroatoms. The molecule has 2 rings (SSSR count). The molecule has 1 aromatic heterocycles. The number of nitrogens with one attached hydrogen (secondary N) is 1. The number of nitro benzene ring substituents is 1. The lowest BCUT2D eigenvalue weighted by Gasteiger charge is -2.11. The molecule has 126 valence electrons. The molecular weight excluding hydrogens is 316 g/mol. The molecule has 0 aliphatic heterocycles. The molecule has 0 spiro atoms. The Bertz CT molecular complexity index is 769. The molecule has 0 saturated heterocycles. The number of carbonyl (C=O) groups excluding carboxylic acids is 2. The highest BCUT2D eigenvalue weighted by Crippen LogP contribution is 2.18. The lowest BCUT2D eigenvalue weighted by atomic mass is 10.2. The van der Waals surface area contributed by atoms with Crippen LogP contribution in [0.4, 0.5) is 11.5 Å². The summed E-state index contributed by atoms with van der Waals surface area (Å²) >= 11 is 0. The lowest BCUT2D eigenvalue weighted by molar-refractivity contribution is -0.385. The van der Waals surface area contributed by atoms with Crippen LogP contribution in [-0.4, -0.2) is 33.2 Å². The molecule has 0 saturated carbocycles. The first kappa shape index (κ1) is 17.1. The first-order valence-electron chi connectivity index (χ1n) is 7.14. The topological polar surface area (TPSA) is 116 Å². The highest BCUT2D eigenvalue weighted by molar-refractivity contribution is 5.97. The number of ether oxygens (including phenoxy) is 1. The van der Waals surface area contributed by atoms with Crippen LogP contribution < -0.4 is 5.32 Å². The molecule has 9 nitrogen and oxygen atoms in total. The Labute approximate surface area is 137 Å². The average molecular weight is 332 g/mol. The van der Waals surface area contributed by atoms with E-state index in [2.05, 4.69) is 10.4 Å². The summed E-state index contributed by atoms with van der Waals surface area (Å²) in [7, 11) is 0. The third-order valence-corrected chi connectivity index (χ3v) is 3.08. The minimum atomic E-state index is -0.935. The van der Waals surface area contributed by atoms with Gasteiger partial charge in [0.25, 0.3) is 11.6 Å². The van der Waals surface area contributed by atoms with Gasteiger partial charge in [0.2, 0.25) is 0 Å². The summed E-state index contributed by atoms with van der Waals surface area (Å²) in [6.07, 6.45) is 1.54. The van der Waals surface area contributed by atoms with Gasteiger partial charge in [-0.3, -0.25) is 14.9 Å². The molecule has 1 amide bonds. The van der Waals surface area contributed by atoms with Crippen molar-refractivity contribution in [1.29, 1.82) is 0 Å². The molecule has 0 aliphatic rings. The maximum absolute atomic E-state index is 11.9. The molecule has 2 aromatic rings. The van der Waals surface area contributed by atoms with Gasteiger partial charge in [-0.2, -0.15) is 5.10 Å². The first-order chi connectivity index (χ1) is 11.4. The maximum Gasteiger partial charge on any atom is 0.345 e. The monoisotopic (exact) mass is 332 g/mol. The largest absolute Gasteiger partial charge is 0.452 e. The number of hydrogen-bond donors (Lipinski definition) is 1. The highest BCUT2D eigenvalue weighted by atomic mass is 16.6. The Balaban J connectivity index is 1.98. The quantitative estimate of drug-likeness (QED) is 0.492. The van der Waals surface area contributed by atoms with Gasteiger partial charge < -0.3 is 10.1 Å². The van der Waals surface area contributed by atoms with E-state index >= 15 is 0 Å². The molecular formula is C15H16N4O5. The molecule has 24 heavy (non-hydrogen) atoms. The van der Waals surface area contributed by atoms with Crippen LogP contribution in [0, 0.1) is 10.1 Å². The number of anilines is 1. The molecule has 1 N–H and O–H groups in total. The number of rotatable bonds is 6. The summed E-state index contributed by atoms with van der Waals surface area (Å²) in [4.78, 5) is 34.0. The van der Waals surface area contributed by atoms with Crippen LogP contribution in [0.5, 0.6) is 0 Å². The van der Waals surface area contributed by atoms with Gasteiger partial charge in [-0.05, 0) is 19.9 Å². The molecule has 0 unspecified atom stereocenters. The Morgan fingerprint density at radius 2 is 2.04 bits per heavy atom. The summed E-state index contributed by atoms with van der Waals surface area (Å²) in [5, 5.41) is 17.5. The second-order valence-electron chi connectivity index (χ2n) is 5.15. The van der Waals surface area contributed by atoms with Crippen LogP contribution in [0.3, 0.4) is 0 Å². The fraction of sp³-hybridized carbons (Fsp3) is 0.267. The molecule has 0 aliphatic carbocycles. The fourth-order valence-corrected chi connectivity index (χ4v) is 2.02. The van der Waals surface area contributed by atoms with Gasteiger partial charge in [0, 0.05) is 18.2 Å². The third kappa shape index (κ3) is 3.94. The van der Waals surface area contributed by atoms with E-state index in [0.717, 1.165) is 0 Å². The number of para-hydroxylation sites is 1. The van der Waals surface area contributed by atoms with E-state index in [9.17, 15) is 19.7 Å². The number of aromatic nitrogens is 2. The van der Waals surface area contributed by atoms with Gasteiger partial charge in [-0.15, -0.1) is 0 Å². The molecule has 0 bridgehead atoms. The molecule has 0 atom stereocenters. The van der Waals surface area contributed by atoms with Crippen molar-refractivity contribution in [3.05, 3.63) is 52.2 Å². The molecule has 0 fully saturated rings. The standard InChI is InChI=1S/C15H16N4O5/c1-10(2)18-13(7-8-16-18)17-14(20)9-24-15(21)11-5-3-4-6-12(11)19(22)23/h3-8,10H,9H2,1-2H3,(H,17,20). The zero-order chi connectivity index (χ0) is 17.7. The summed E-state index contributed by atoms with van der Waals surface area (Å²) in [5.41, 5.74) is -0.580. The second-order valence-corrected chi connectivity index (χ2v) is 5.15. The maximum atomic E-state index is 11.9. The predicted octanol–water partition coefficient (Wildman–Crippen LogP) is 2.17. The van der Waals surface area contributed by atoms with Gasteiger partial charge in [-0.1, -0.05) is 12.1 Å². The van der Waals surface area contributed by atoms with Gasteiger partial charge in [-0.25, -0.2) is 9.48 Å². The Kier molecular flexibility index (Phi) is 5.25. The third-order valence-electron chi connectivity index (χ3n) is 3.08. The van der Waals surface area contributed by atoms with Crippen LogP contribution in [0.1, 0.15) is 30.2 Å². The van der Waals surface area contributed by atoms with E-state index in [1.807, 2.05) is 13.8 Å². The Hall–Kier alpha value is -3.23. The minimum Gasteiger partial charge on any atom is -0.452 e. The number of hydrogen-bond acceptors (Lipinski definition) is 6. The van der Waals surface area contributed by atoms with Crippen molar-refractivity contribution in [2.45, 2.75) is 19.9 Å². The summed E-state index contributed by atoms with van der Waals surface area (Å²) in [6, 6.07) is 7.04. The van der Waals surface area contributed by atoms with E-state index in [1.165, 1.54) is 30.5 Å². The first-order valence-corrected chi connectivity index (χ1v) is 7.14. The average Bonchev–Trinajstić information content (AvgIpc) is 3.00. The zero-order valence-corrected chi connectivity index (χ0v) is 13.1. The van der Waals surface area contributed by atoms with Crippen LogP contribution in [-0.2, 0) is 9.53 Å². The van der Waals surface area contributed by atoms with Crippen molar-refractivity contribution < 1.29 is 19.2 Å². The van der Waals surface area contributed by atoms with Crippen molar-refractivity contribution in [1.82, 2.24) is 9.78 Å². The van der Waals surface area contributed by atoms with Gasteiger partial charge in [0.15, 0.2) is 6.61 Å². The second kappa shape index (κ2) is 7.36. The zero-order valence-electron chi connectivity index (χ0n) is 13.1. The number of amides is 1. The number of nitro groups is 1. The van der Waals surface area contributed by atoms with Crippen molar-refractivity contribution in [2.24, 2.45) is 0 Å². The van der Waals surface area contributed by atoms with E-state index in [1.54, 1.807) is 10.7 Å². The van der Waals surface area contributed by atoms with Crippen molar-refractivity contribution in [3.63, 3.8) is 0 Å². The van der Waals surface area contributed by atoms with Crippen LogP contribution in [0.15, 0.2) is 36.5 Å². The highest BCUT2D eigenvalue weighted by Gasteiger charge is 2.21. The summed E-state index contributed by atoms with van der Waals surface area (Å²) in [5.74, 6) is -1.03. The predicted molar refractivity (Wildman–Crippen MR) is 84.6 cm³/mol. The van der Waals surface area contributed by atoms with Gasteiger partial charge in [0.05, 0.1) is 11.1 Å². The van der Waals surface area contributed by atoms with Crippen LogP contribution in [0.2, 0.25) is 0 Å². The Morgan fingerprint density at radius 3 is 2.71 bits per heavy atom. The van der Waals surface area contributed by atoms with E-state index in [0.29, 0.717) is 5.82 Å². The van der Waals surface area contributed by atoms with Gasteiger partial charge in [0.1, 0.15) is 11.4 Å². The molecule has 1 heterocycles. The van der Waals surface area contributed by atoms with E-state index in [4.69, 9.17) is 4.74 Å². The summed E-state index contributed by atoms with van der Waals surface area (Å²) < 4.78 is 6.44. The Morgan fingerprint density at radius 1 is 1.33 bits per heavy atom. The number of esters is 1. The smallest absolute Gasteiger partial charge is 0.345 e. The van der Waals surface area contributed by atoms with Crippen molar-refractivity contribution in [3.8, 4) is 0 Å². The molecule has 0 radical (unpaired) electrons. The fourth-order valence-electron chi connectivity index (χ4n) is 2.02. The van der Waals surface area contributed by atoms with Crippen LogP contribution in [0.25, 0.3) is 0 Å². The van der Waals surface area contributed by atoms with Crippen molar-refractivity contribution in [2.75, 3.05) is 11.9 Å². The van der Waals surface area contributed by atoms with Crippen molar-refractivity contribution >= 4 is 23.4 Å². The SMILES string of the molecule is CC(C)n1nccc1NC(=O)COC(=O)c1ccccc1[N+](=O)[O-]. The molecule has 1 aromatic carbocycles. The number of nitrogens with zero attached hydrogens (tertiary/aromatic N) is 3. The lowest BCUT2D eigenvalue weighted by Crippen LogP contribution is -2.23. The van der Waals surface area contributed by atoms with E-state index < -0.39 is 23.4 Å². The van der Waals surface area contributed by atoms with E-state index in [-0.39, 0.29) is 17.3 Å². The number of carbonyl (C=O) groups is 2.